The van der Waals surface area contributed by atoms with Crippen LogP contribution in [0.5, 0.6) is 0 Å². The fourth-order valence-corrected chi connectivity index (χ4v) is 3.28. The van der Waals surface area contributed by atoms with Gasteiger partial charge in [0.2, 0.25) is 0 Å². The minimum absolute atomic E-state index is 0.0455. The molecule has 2 aromatic rings. The van der Waals surface area contributed by atoms with Crippen molar-refractivity contribution in [1.29, 1.82) is 0 Å². The lowest BCUT2D eigenvalue weighted by atomic mass is 10.1. The Morgan fingerprint density at radius 3 is 2.41 bits per heavy atom. The van der Waals surface area contributed by atoms with E-state index in [0.717, 1.165) is 23.8 Å². The number of benzene rings is 2. The number of amides is 1. The number of likely N-dealkylation sites (N-methyl/N-ethyl adjacent to an activating group) is 1. The Kier molecular flexibility index (Phi) is 11.1. The van der Waals surface area contributed by atoms with Crippen LogP contribution in [0, 0.1) is 5.82 Å². The zero-order chi connectivity index (χ0) is 27.4. The predicted molar refractivity (Wildman–Crippen MR) is 133 cm³/mol. The summed E-state index contributed by atoms with van der Waals surface area (Å²) in [4.78, 5) is 25.1. The summed E-state index contributed by atoms with van der Waals surface area (Å²) < 4.78 is 64.6. The Labute approximate surface area is 213 Å². The summed E-state index contributed by atoms with van der Waals surface area (Å²) in [6, 6.07) is 12.9. The van der Waals surface area contributed by atoms with Crippen molar-refractivity contribution in [2.45, 2.75) is 33.1 Å². The van der Waals surface area contributed by atoms with Crippen LogP contribution >= 0.6 is 0 Å². The van der Waals surface area contributed by atoms with E-state index in [4.69, 9.17) is 4.74 Å². The minimum Gasteiger partial charge on any atom is -0.469 e. The number of alkyl halides is 3. The molecule has 0 saturated carbocycles. The second kappa shape index (κ2) is 14.0. The number of rotatable bonds is 10. The number of carbonyl (C=O) groups excluding carboxylic acids is 2. The first kappa shape index (κ1) is 29.4. The molecule has 0 aromatic heterocycles. The molecule has 0 aliphatic rings. The van der Waals surface area contributed by atoms with Gasteiger partial charge < -0.3 is 14.4 Å². The van der Waals surface area contributed by atoms with E-state index in [1.807, 2.05) is 18.2 Å². The highest BCUT2D eigenvalue weighted by Gasteiger charge is 2.31. The Balaban J connectivity index is 2.13. The van der Waals surface area contributed by atoms with E-state index in [2.05, 4.69) is 4.74 Å². The predicted octanol–water partition coefficient (Wildman–Crippen LogP) is 6.65. The lowest BCUT2D eigenvalue weighted by Crippen LogP contribution is -2.32. The van der Waals surface area contributed by atoms with Gasteiger partial charge in [-0.2, -0.15) is 13.2 Å². The molecule has 9 heteroatoms. The largest absolute Gasteiger partial charge is 0.469 e. The van der Waals surface area contributed by atoms with Crippen molar-refractivity contribution in [3.8, 4) is 0 Å². The lowest BCUT2D eigenvalue weighted by molar-refractivity contribution is -0.139. The molecule has 0 aliphatic carbocycles. The van der Waals surface area contributed by atoms with Gasteiger partial charge in [-0.3, -0.25) is 4.79 Å². The highest BCUT2D eigenvalue weighted by Crippen LogP contribution is 2.28. The van der Waals surface area contributed by atoms with Crippen LogP contribution in [-0.2, 0) is 27.3 Å². The number of nitrogens with zero attached hydrogens (tertiary/aromatic N) is 1. The molecular weight excluding hydrogens is 490 g/mol. The number of hydrogen-bond donors (Lipinski definition) is 0. The Hall–Kier alpha value is -3.88. The average Bonchev–Trinajstić information content (AvgIpc) is 2.87. The van der Waals surface area contributed by atoms with Crippen LogP contribution in [0.4, 0.5) is 22.4 Å². The van der Waals surface area contributed by atoms with Crippen molar-refractivity contribution in [1.82, 2.24) is 4.90 Å². The van der Waals surface area contributed by atoms with Gasteiger partial charge in [0, 0.05) is 13.1 Å². The molecule has 0 radical (unpaired) electrons. The van der Waals surface area contributed by atoms with Gasteiger partial charge in [0.15, 0.2) is 0 Å². The summed E-state index contributed by atoms with van der Waals surface area (Å²) in [5.74, 6) is -1.25. The third kappa shape index (κ3) is 9.95. The van der Waals surface area contributed by atoms with E-state index in [-0.39, 0.29) is 31.7 Å². The number of methoxy groups -OCH3 is 1. The molecule has 0 N–H and O–H groups in total. The standard InChI is InChI=1S/C28H29F4NO4/c1-4-33(27(35)37-19-22-9-6-5-7-10-22)18-20(2)15-24(28(30,31)32)12-8-11-21-13-14-25(29)23(16-21)17-26(34)36-3/h5-16H,4,17-19H2,1-3H3/b11-8+,20-15+,24-12+. The number of hydrogen-bond acceptors (Lipinski definition) is 4. The van der Waals surface area contributed by atoms with Crippen LogP contribution in [0.1, 0.15) is 30.5 Å². The van der Waals surface area contributed by atoms with Crippen molar-refractivity contribution in [2.75, 3.05) is 20.2 Å². The second-order valence-corrected chi connectivity index (χ2v) is 8.13. The first-order valence-electron chi connectivity index (χ1n) is 11.5. The first-order valence-corrected chi connectivity index (χ1v) is 11.5. The van der Waals surface area contributed by atoms with Crippen LogP contribution in [0.15, 0.2) is 77.9 Å². The van der Waals surface area contributed by atoms with Crippen molar-refractivity contribution < 1.29 is 36.6 Å². The Bertz CT molecular complexity index is 1150. The van der Waals surface area contributed by atoms with Crippen LogP contribution in [0.2, 0.25) is 0 Å². The molecular formula is C28H29F4NO4. The third-order valence-electron chi connectivity index (χ3n) is 5.21. The zero-order valence-corrected chi connectivity index (χ0v) is 20.8. The molecule has 0 saturated heterocycles. The van der Waals surface area contributed by atoms with E-state index in [1.165, 1.54) is 43.2 Å². The Morgan fingerprint density at radius 1 is 1.08 bits per heavy atom. The molecule has 0 fully saturated rings. The average molecular weight is 520 g/mol. The molecule has 37 heavy (non-hydrogen) atoms. The number of ether oxygens (including phenoxy) is 2. The molecule has 198 valence electrons. The smallest absolute Gasteiger partial charge is 0.416 e. The Morgan fingerprint density at radius 2 is 1.78 bits per heavy atom. The van der Waals surface area contributed by atoms with Gasteiger partial charge in [0.05, 0.1) is 19.1 Å². The third-order valence-corrected chi connectivity index (χ3v) is 5.21. The minimum atomic E-state index is -4.64. The SMILES string of the molecule is CCN(C/C(C)=C/C(=C\C=C\c1ccc(F)c(CC(=O)OC)c1)C(F)(F)F)C(=O)OCc1ccccc1. The zero-order valence-electron chi connectivity index (χ0n) is 20.8. The van der Waals surface area contributed by atoms with E-state index >= 15 is 0 Å². The second-order valence-electron chi connectivity index (χ2n) is 8.13. The summed E-state index contributed by atoms with van der Waals surface area (Å²) in [6.07, 6.45) is -1.16. The van der Waals surface area contributed by atoms with Crippen molar-refractivity contribution in [3.05, 3.63) is 100 Å². The fourth-order valence-electron chi connectivity index (χ4n) is 3.28. The fraction of sp³-hybridized carbons (Fsp3) is 0.286. The molecule has 1 amide bonds. The topological polar surface area (TPSA) is 55.8 Å². The van der Waals surface area contributed by atoms with Gasteiger partial charge in [-0.05, 0) is 48.7 Å². The van der Waals surface area contributed by atoms with Gasteiger partial charge in [0.1, 0.15) is 12.4 Å². The molecule has 5 nitrogen and oxygen atoms in total. The van der Waals surface area contributed by atoms with Crippen molar-refractivity contribution >= 4 is 18.1 Å². The highest BCUT2D eigenvalue weighted by atomic mass is 19.4. The van der Waals surface area contributed by atoms with Gasteiger partial charge in [-0.1, -0.05) is 60.2 Å². The summed E-state index contributed by atoms with van der Waals surface area (Å²) in [7, 11) is 1.18. The molecule has 2 aromatic carbocycles. The summed E-state index contributed by atoms with van der Waals surface area (Å²) in [5, 5.41) is 0. The monoisotopic (exact) mass is 519 g/mol. The normalized spacial score (nSPS) is 12.5. The number of carbonyl (C=O) groups is 2. The summed E-state index contributed by atoms with van der Waals surface area (Å²) >= 11 is 0. The highest BCUT2D eigenvalue weighted by molar-refractivity contribution is 5.73. The van der Waals surface area contributed by atoms with Crippen LogP contribution in [0.25, 0.3) is 6.08 Å². The summed E-state index contributed by atoms with van der Waals surface area (Å²) in [6.45, 7) is 3.47. The quantitative estimate of drug-likeness (QED) is 0.200. The van der Waals surface area contributed by atoms with Gasteiger partial charge in [-0.15, -0.1) is 0 Å². The van der Waals surface area contributed by atoms with E-state index in [0.29, 0.717) is 11.1 Å². The van der Waals surface area contributed by atoms with Crippen LogP contribution < -0.4 is 0 Å². The molecule has 0 spiro atoms. The van der Waals surface area contributed by atoms with E-state index in [1.54, 1.807) is 19.1 Å². The maximum atomic E-state index is 13.9. The first-order chi connectivity index (χ1) is 17.5. The number of esters is 1. The lowest BCUT2D eigenvalue weighted by Gasteiger charge is -2.21. The van der Waals surface area contributed by atoms with Crippen LogP contribution in [0.3, 0.4) is 0 Å². The number of allylic oxidation sites excluding steroid dienone is 4. The van der Waals surface area contributed by atoms with Crippen molar-refractivity contribution in [2.24, 2.45) is 0 Å². The molecule has 0 aliphatic heterocycles. The van der Waals surface area contributed by atoms with Crippen LogP contribution in [-0.4, -0.2) is 43.3 Å². The molecule has 0 heterocycles. The molecule has 0 unspecified atom stereocenters. The molecule has 2 rings (SSSR count). The maximum absolute atomic E-state index is 13.9. The van der Waals surface area contributed by atoms with E-state index < -0.39 is 29.6 Å². The van der Waals surface area contributed by atoms with E-state index in [9.17, 15) is 27.2 Å². The van der Waals surface area contributed by atoms with Gasteiger partial charge >= 0.3 is 18.2 Å². The summed E-state index contributed by atoms with van der Waals surface area (Å²) in [5.41, 5.74) is 0.664. The molecule has 0 bridgehead atoms. The van der Waals surface area contributed by atoms with Gasteiger partial charge in [-0.25, -0.2) is 9.18 Å². The number of halogens is 4. The van der Waals surface area contributed by atoms with Crippen molar-refractivity contribution in [3.63, 3.8) is 0 Å². The maximum Gasteiger partial charge on any atom is 0.416 e. The molecule has 0 atom stereocenters. The van der Waals surface area contributed by atoms with Gasteiger partial charge in [0.25, 0.3) is 0 Å².